The monoisotopic (exact) mass is 392 g/mol. The topological polar surface area (TPSA) is 34.1 Å². The highest BCUT2D eigenvalue weighted by atomic mass is 16.1. The summed E-state index contributed by atoms with van der Waals surface area (Å²) in [6.07, 6.45) is 0. The van der Waals surface area contributed by atoms with Crippen molar-refractivity contribution in [2.75, 3.05) is 0 Å². The van der Waals surface area contributed by atoms with Gasteiger partial charge in [-0.15, -0.1) is 0 Å². The van der Waals surface area contributed by atoms with E-state index in [2.05, 4.69) is 0 Å². The third kappa shape index (κ3) is 5.18. The first-order valence-electron chi connectivity index (χ1n) is 9.88. The molecule has 0 spiro atoms. The van der Waals surface area contributed by atoms with Gasteiger partial charge >= 0.3 is 0 Å². The second-order valence-electron chi connectivity index (χ2n) is 7.02. The minimum Gasteiger partial charge on any atom is -0.289 e. The van der Waals surface area contributed by atoms with Crippen LogP contribution in [0.3, 0.4) is 0 Å². The van der Waals surface area contributed by atoms with Crippen LogP contribution in [-0.4, -0.2) is 11.6 Å². The van der Waals surface area contributed by atoms with Crippen LogP contribution in [0.1, 0.15) is 43.0 Å². The fourth-order valence-corrected chi connectivity index (χ4v) is 3.15. The van der Waals surface area contributed by atoms with Crippen molar-refractivity contribution in [3.63, 3.8) is 0 Å². The minimum absolute atomic E-state index is 0.0914. The van der Waals surface area contributed by atoms with Gasteiger partial charge in [0, 0.05) is 22.3 Å². The fourth-order valence-electron chi connectivity index (χ4n) is 3.15. The average Bonchev–Trinajstić information content (AvgIpc) is 2.80. The lowest BCUT2D eigenvalue weighted by Crippen LogP contribution is -2.02. The standard InChI is InChI=1S/2C14H12O/c2*1-11-7-5-6-10-13(11)14(15)12-8-3-2-4-9-12/h2*2-10H,1H3. The van der Waals surface area contributed by atoms with Crippen molar-refractivity contribution in [3.05, 3.63) is 143 Å². The zero-order valence-electron chi connectivity index (χ0n) is 17.2. The van der Waals surface area contributed by atoms with Crippen LogP contribution in [0.4, 0.5) is 0 Å². The van der Waals surface area contributed by atoms with E-state index in [1.165, 1.54) is 0 Å². The number of ketones is 2. The van der Waals surface area contributed by atoms with E-state index in [-0.39, 0.29) is 11.6 Å². The van der Waals surface area contributed by atoms with Crippen molar-refractivity contribution in [2.45, 2.75) is 13.8 Å². The Morgan fingerprint density at radius 1 is 0.433 bits per heavy atom. The lowest BCUT2D eigenvalue weighted by Gasteiger charge is -2.03. The van der Waals surface area contributed by atoms with E-state index in [0.29, 0.717) is 0 Å². The maximum Gasteiger partial charge on any atom is 0.193 e. The van der Waals surface area contributed by atoms with Crippen molar-refractivity contribution < 1.29 is 9.59 Å². The van der Waals surface area contributed by atoms with Crippen LogP contribution < -0.4 is 0 Å². The molecule has 0 fully saturated rings. The molecule has 4 aromatic carbocycles. The van der Waals surface area contributed by atoms with E-state index >= 15 is 0 Å². The van der Waals surface area contributed by atoms with Crippen molar-refractivity contribution in [2.24, 2.45) is 0 Å². The second-order valence-corrected chi connectivity index (χ2v) is 7.02. The summed E-state index contributed by atoms with van der Waals surface area (Å²) in [5.74, 6) is 0.183. The molecule has 0 aliphatic carbocycles. The number of hydrogen-bond donors (Lipinski definition) is 0. The summed E-state index contributed by atoms with van der Waals surface area (Å²) in [6, 6.07) is 34.0. The molecule has 0 aliphatic heterocycles. The molecule has 0 bridgehead atoms. The van der Waals surface area contributed by atoms with Gasteiger partial charge in [0.05, 0.1) is 0 Å². The van der Waals surface area contributed by atoms with Crippen molar-refractivity contribution in [3.8, 4) is 0 Å². The lowest BCUT2D eigenvalue weighted by molar-refractivity contribution is 0.103. The summed E-state index contributed by atoms with van der Waals surface area (Å²) in [5.41, 5.74) is 5.09. The molecule has 0 atom stereocenters. The highest BCUT2D eigenvalue weighted by Gasteiger charge is 2.10. The Balaban J connectivity index is 0.000000171. The molecule has 4 rings (SSSR count). The first kappa shape index (κ1) is 20.9. The second kappa shape index (κ2) is 10.1. The summed E-state index contributed by atoms with van der Waals surface area (Å²) >= 11 is 0. The van der Waals surface area contributed by atoms with Gasteiger partial charge in [-0.25, -0.2) is 0 Å². The highest BCUT2D eigenvalue weighted by molar-refractivity contribution is 6.10. The molecule has 2 nitrogen and oxygen atoms in total. The third-order valence-electron chi connectivity index (χ3n) is 4.85. The first-order valence-corrected chi connectivity index (χ1v) is 9.88. The van der Waals surface area contributed by atoms with Crippen LogP contribution in [0.5, 0.6) is 0 Å². The summed E-state index contributed by atoms with van der Waals surface area (Å²) in [4.78, 5) is 24.1. The van der Waals surface area contributed by atoms with Gasteiger partial charge < -0.3 is 0 Å². The Labute approximate surface area is 177 Å². The molecule has 2 heteroatoms. The number of carbonyl (C=O) groups excluding carboxylic acids is 2. The number of aryl methyl sites for hydroxylation is 2. The van der Waals surface area contributed by atoms with E-state index in [4.69, 9.17) is 0 Å². The van der Waals surface area contributed by atoms with E-state index in [1.54, 1.807) is 0 Å². The predicted octanol–water partition coefficient (Wildman–Crippen LogP) is 6.45. The summed E-state index contributed by atoms with van der Waals surface area (Å²) in [5, 5.41) is 0. The van der Waals surface area contributed by atoms with Gasteiger partial charge in [0.2, 0.25) is 0 Å². The van der Waals surface area contributed by atoms with Crippen LogP contribution in [0.25, 0.3) is 0 Å². The van der Waals surface area contributed by atoms with Gasteiger partial charge in [-0.05, 0) is 25.0 Å². The van der Waals surface area contributed by atoms with Gasteiger partial charge in [0.15, 0.2) is 11.6 Å². The first-order chi connectivity index (χ1) is 14.6. The zero-order chi connectivity index (χ0) is 21.3. The van der Waals surface area contributed by atoms with Gasteiger partial charge in [-0.1, -0.05) is 109 Å². The smallest absolute Gasteiger partial charge is 0.193 e. The molecule has 0 N–H and O–H groups in total. The van der Waals surface area contributed by atoms with Crippen molar-refractivity contribution in [1.29, 1.82) is 0 Å². The van der Waals surface area contributed by atoms with Gasteiger partial charge in [-0.2, -0.15) is 0 Å². The molecule has 0 aromatic heterocycles. The van der Waals surface area contributed by atoms with E-state index in [9.17, 15) is 9.59 Å². The van der Waals surface area contributed by atoms with Crippen LogP contribution in [0.2, 0.25) is 0 Å². The third-order valence-corrected chi connectivity index (χ3v) is 4.85. The quantitative estimate of drug-likeness (QED) is 0.374. The summed E-state index contributed by atoms with van der Waals surface area (Å²) < 4.78 is 0. The van der Waals surface area contributed by atoms with E-state index in [1.807, 2.05) is 123 Å². The Bertz CT molecular complexity index is 1040. The zero-order valence-corrected chi connectivity index (χ0v) is 17.2. The average molecular weight is 392 g/mol. The van der Waals surface area contributed by atoms with Gasteiger partial charge in [0.25, 0.3) is 0 Å². The Morgan fingerprint density at radius 2 is 0.733 bits per heavy atom. The predicted molar refractivity (Wildman–Crippen MR) is 122 cm³/mol. The SMILES string of the molecule is Cc1ccccc1C(=O)c1ccccc1.Cc1ccccc1C(=O)c1ccccc1. The number of carbonyl (C=O) groups is 2. The Hall–Kier alpha value is -3.78. The van der Waals surface area contributed by atoms with Crippen molar-refractivity contribution >= 4 is 11.6 Å². The molecule has 0 saturated heterocycles. The van der Waals surface area contributed by atoms with E-state index < -0.39 is 0 Å². The van der Waals surface area contributed by atoms with Crippen LogP contribution >= 0.6 is 0 Å². The summed E-state index contributed by atoms with van der Waals surface area (Å²) in [7, 11) is 0. The molecule has 0 unspecified atom stereocenters. The molecule has 0 saturated carbocycles. The summed E-state index contributed by atoms with van der Waals surface area (Å²) in [6.45, 7) is 3.91. The maximum atomic E-state index is 12.1. The number of hydrogen-bond acceptors (Lipinski definition) is 2. The number of rotatable bonds is 4. The van der Waals surface area contributed by atoms with Crippen LogP contribution in [0.15, 0.2) is 109 Å². The highest BCUT2D eigenvalue weighted by Crippen LogP contribution is 2.14. The van der Waals surface area contributed by atoms with Crippen LogP contribution in [-0.2, 0) is 0 Å². The Morgan fingerprint density at radius 3 is 1.07 bits per heavy atom. The van der Waals surface area contributed by atoms with Crippen LogP contribution in [0, 0.1) is 13.8 Å². The molecular formula is C28H24O2. The molecule has 148 valence electrons. The largest absolute Gasteiger partial charge is 0.289 e. The molecule has 0 amide bonds. The fraction of sp³-hybridized carbons (Fsp3) is 0.0714. The van der Waals surface area contributed by atoms with E-state index in [0.717, 1.165) is 33.4 Å². The lowest BCUT2D eigenvalue weighted by atomic mass is 9.99. The molecule has 30 heavy (non-hydrogen) atoms. The number of benzene rings is 4. The minimum atomic E-state index is 0.0914. The molecule has 0 radical (unpaired) electrons. The molecule has 0 heterocycles. The Kier molecular flexibility index (Phi) is 7.07. The molecule has 4 aromatic rings. The maximum absolute atomic E-state index is 12.1. The van der Waals surface area contributed by atoms with Gasteiger partial charge in [0.1, 0.15) is 0 Å². The van der Waals surface area contributed by atoms with Crippen molar-refractivity contribution in [1.82, 2.24) is 0 Å². The van der Waals surface area contributed by atoms with Gasteiger partial charge in [-0.3, -0.25) is 9.59 Å². The molecule has 0 aliphatic rings. The molecular weight excluding hydrogens is 368 g/mol. The normalized spacial score (nSPS) is 9.93.